The van der Waals surface area contributed by atoms with E-state index in [1.807, 2.05) is 0 Å². The number of nitrogens with one attached hydrogen (secondary N) is 2. The summed E-state index contributed by atoms with van der Waals surface area (Å²) in [6.07, 6.45) is -5.20. The number of carbonyl (C=O) groups excluding carboxylic acids is 1. The molecule has 150 valence electrons. The molecule has 27 heavy (non-hydrogen) atoms. The van der Waals surface area contributed by atoms with Crippen molar-refractivity contribution in [3.8, 4) is 11.5 Å². The number of rotatable bonds is 5. The average Bonchev–Trinajstić information content (AvgIpc) is 2.59. The van der Waals surface area contributed by atoms with Crippen LogP contribution >= 0.6 is 12.2 Å². The number of hydrogen-bond acceptors (Lipinski definition) is 6. The number of esters is 1. The Bertz CT molecular complexity index is 730. The second kappa shape index (κ2) is 7.77. The Morgan fingerprint density at radius 1 is 1.30 bits per heavy atom. The molecule has 0 radical (unpaired) electrons. The van der Waals surface area contributed by atoms with Gasteiger partial charge in [0.1, 0.15) is 5.92 Å². The van der Waals surface area contributed by atoms with E-state index in [1.165, 1.54) is 39.3 Å². The minimum atomic E-state index is -5.20. The molecule has 1 saturated heterocycles. The van der Waals surface area contributed by atoms with Crippen molar-refractivity contribution in [3.63, 3.8) is 0 Å². The van der Waals surface area contributed by atoms with E-state index in [1.54, 1.807) is 5.32 Å². The van der Waals surface area contributed by atoms with Gasteiger partial charge in [0.05, 0.1) is 26.9 Å². The molecule has 1 heterocycles. The van der Waals surface area contributed by atoms with Crippen molar-refractivity contribution in [2.24, 2.45) is 5.92 Å². The van der Waals surface area contributed by atoms with Crippen molar-refractivity contribution in [3.05, 3.63) is 23.8 Å². The predicted octanol–water partition coefficient (Wildman–Crippen LogP) is 1.65. The van der Waals surface area contributed by atoms with E-state index in [4.69, 9.17) is 26.4 Å². The van der Waals surface area contributed by atoms with Crippen LogP contribution in [-0.2, 0) is 9.53 Å². The largest absolute Gasteiger partial charge is 0.493 e. The number of thiocarbonyl (C=S) groups is 1. The molecule has 0 saturated carbocycles. The van der Waals surface area contributed by atoms with Crippen molar-refractivity contribution >= 4 is 23.3 Å². The normalized spacial score (nSPS) is 25.2. The lowest BCUT2D eigenvalue weighted by Crippen LogP contribution is -2.73. The van der Waals surface area contributed by atoms with Gasteiger partial charge in [-0.2, -0.15) is 13.2 Å². The third kappa shape index (κ3) is 3.88. The van der Waals surface area contributed by atoms with E-state index in [9.17, 15) is 23.1 Å². The highest BCUT2D eigenvalue weighted by atomic mass is 32.1. The molecule has 1 aromatic rings. The molecule has 2 rings (SSSR count). The zero-order chi connectivity index (χ0) is 20.4. The van der Waals surface area contributed by atoms with Gasteiger partial charge in [-0.3, -0.25) is 4.79 Å². The first kappa shape index (κ1) is 21.0. The first-order valence-electron chi connectivity index (χ1n) is 7.85. The maximum atomic E-state index is 13.7. The van der Waals surface area contributed by atoms with Gasteiger partial charge in [-0.1, -0.05) is 6.07 Å². The minimum absolute atomic E-state index is 0.160. The second-order valence-corrected chi connectivity index (χ2v) is 6.09. The SMILES string of the molecule is CCOC(=O)C1C(c2ccc(OC)c(OC)c2)NC(=S)NC1(O)C(F)(F)F. The molecule has 11 heteroatoms. The molecule has 0 bridgehead atoms. The molecule has 3 N–H and O–H groups in total. The zero-order valence-corrected chi connectivity index (χ0v) is 15.5. The highest BCUT2D eigenvalue weighted by Gasteiger charge is 2.66. The van der Waals surface area contributed by atoms with Crippen LogP contribution in [0.3, 0.4) is 0 Å². The van der Waals surface area contributed by atoms with Gasteiger partial charge in [-0.05, 0) is 36.8 Å². The highest BCUT2D eigenvalue weighted by Crippen LogP contribution is 2.44. The summed E-state index contributed by atoms with van der Waals surface area (Å²) in [5.41, 5.74) is -3.39. The van der Waals surface area contributed by atoms with E-state index in [-0.39, 0.29) is 17.9 Å². The summed E-state index contributed by atoms with van der Waals surface area (Å²) in [6.45, 7) is 1.29. The van der Waals surface area contributed by atoms with Gasteiger partial charge in [0.2, 0.25) is 0 Å². The maximum Gasteiger partial charge on any atom is 0.437 e. The fraction of sp³-hybridized carbons (Fsp3) is 0.500. The van der Waals surface area contributed by atoms with Crippen molar-refractivity contribution in [2.75, 3.05) is 20.8 Å². The summed E-state index contributed by atoms with van der Waals surface area (Å²) in [6, 6.07) is 2.98. The molecule has 0 aromatic heterocycles. The standard InChI is InChI=1S/C16H19F3N2O5S/c1-4-26-13(22)11-12(8-5-6-9(24-2)10(7-8)25-3)20-14(27)21-15(11,23)16(17,18)19/h5-7,11-12,23H,4H2,1-3H3,(H2,20,21,27). The second-order valence-electron chi connectivity index (χ2n) is 5.68. The third-order valence-electron chi connectivity index (χ3n) is 4.11. The molecular weight excluding hydrogens is 389 g/mol. The number of carbonyl (C=O) groups is 1. The molecule has 0 spiro atoms. The number of benzene rings is 1. The van der Waals surface area contributed by atoms with Crippen LogP contribution in [-0.4, -0.2) is 48.9 Å². The lowest BCUT2D eigenvalue weighted by Gasteiger charge is -2.45. The van der Waals surface area contributed by atoms with Gasteiger partial charge < -0.3 is 30.0 Å². The summed E-state index contributed by atoms with van der Waals surface area (Å²) in [4.78, 5) is 12.4. The highest BCUT2D eigenvalue weighted by molar-refractivity contribution is 7.80. The van der Waals surface area contributed by atoms with Crippen LogP contribution in [0.5, 0.6) is 11.5 Å². The molecule has 3 unspecified atom stereocenters. The van der Waals surface area contributed by atoms with E-state index < -0.39 is 34.9 Å². The van der Waals surface area contributed by atoms with Gasteiger partial charge in [-0.15, -0.1) is 0 Å². The van der Waals surface area contributed by atoms with E-state index in [0.717, 1.165) is 0 Å². The van der Waals surface area contributed by atoms with E-state index >= 15 is 0 Å². The van der Waals surface area contributed by atoms with Crippen molar-refractivity contribution < 1.29 is 37.3 Å². The van der Waals surface area contributed by atoms with Gasteiger partial charge in [0, 0.05) is 0 Å². The number of methoxy groups -OCH3 is 2. The van der Waals surface area contributed by atoms with Crippen LogP contribution in [0.2, 0.25) is 0 Å². The molecule has 0 amide bonds. The van der Waals surface area contributed by atoms with Crippen LogP contribution < -0.4 is 20.1 Å². The van der Waals surface area contributed by atoms with Crippen molar-refractivity contribution in [2.45, 2.75) is 24.9 Å². The summed E-state index contributed by atoms with van der Waals surface area (Å²) >= 11 is 4.82. The third-order valence-corrected chi connectivity index (χ3v) is 4.33. The summed E-state index contributed by atoms with van der Waals surface area (Å²) in [5, 5.41) is 14.3. The maximum absolute atomic E-state index is 13.7. The topological polar surface area (TPSA) is 89.1 Å². The van der Waals surface area contributed by atoms with Crippen LogP contribution in [0.1, 0.15) is 18.5 Å². The van der Waals surface area contributed by atoms with Gasteiger partial charge in [0.25, 0.3) is 5.72 Å². The Morgan fingerprint density at radius 2 is 1.93 bits per heavy atom. The Labute approximate surface area is 158 Å². The quantitative estimate of drug-likeness (QED) is 0.501. The van der Waals surface area contributed by atoms with Crippen LogP contribution in [0, 0.1) is 5.92 Å². The number of alkyl halides is 3. The number of ether oxygens (including phenoxy) is 3. The summed E-state index contributed by atoms with van der Waals surface area (Å²) < 4.78 is 56.0. The molecule has 1 aliphatic rings. The Hall–Kier alpha value is -2.27. The first-order chi connectivity index (χ1) is 12.6. The molecule has 1 aliphatic heterocycles. The number of aliphatic hydroxyl groups is 1. The Kier molecular flexibility index (Phi) is 6.05. The summed E-state index contributed by atoms with van der Waals surface area (Å²) in [5.74, 6) is -2.72. The van der Waals surface area contributed by atoms with E-state index in [2.05, 4.69) is 5.32 Å². The first-order valence-corrected chi connectivity index (χ1v) is 8.26. The van der Waals surface area contributed by atoms with Gasteiger partial charge in [-0.25, -0.2) is 0 Å². The number of halogens is 3. The minimum Gasteiger partial charge on any atom is -0.493 e. The van der Waals surface area contributed by atoms with Crippen molar-refractivity contribution in [1.29, 1.82) is 0 Å². The fourth-order valence-electron chi connectivity index (χ4n) is 2.86. The smallest absolute Gasteiger partial charge is 0.437 e. The fourth-order valence-corrected chi connectivity index (χ4v) is 3.14. The molecule has 7 nitrogen and oxygen atoms in total. The molecular formula is C16H19F3N2O5S. The monoisotopic (exact) mass is 408 g/mol. The summed E-state index contributed by atoms with van der Waals surface area (Å²) in [7, 11) is 2.76. The number of hydrogen-bond donors (Lipinski definition) is 3. The zero-order valence-electron chi connectivity index (χ0n) is 14.7. The van der Waals surface area contributed by atoms with Gasteiger partial charge >= 0.3 is 12.1 Å². The predicted molar refractivity (Wildman–Crippen MR) is 92.3 cm³/mol. The van der Waals surface area contributed by atoms with Gasteiger partial charge in [0.15, 0.2) is 16.6 Å². The Balaban J connectivity index is 2.60. The van der Waals surface area contributed by atoms with Crippen LogP contribution in [0.25, 0.3) is 0 Å². The van der Waals surface area contributed by atoms with Crippen molar-refractivity contribution in [1.82, 2.24) is 10.6 Å². The van der Waals surface area contributed by atoms with E-state index in [0.29, 0.717) is 5.75 Å². The van der Waals surface area contributed by atoms with Crippen LogP contribution in [0.15, 0.2) is 18.2 Å². The Morgan fingerprint density at radius 3 is 2.44 bits per heavy atom. The molecule has 3 atom stereocenters. The molecule has 0 aliphatic carbocycles. The lowest BCUT2D eigenvalue weighted by molar-refractivity contribution is -0.292. The van der Waals surface area contributed by atoms with Crippen LogP contribution in [0.4, 0.5) is 13.2 Å². The molecule has 1 aromatic carbocycles. The average molecular weight is 408 g/mol. The lowest BCUT2D eigenvalue weighted by atomic mass is 9.82. The molecule has 1 fully saturated rings.